The van der Waals surface area contributed by atoms with Crippen LogP contribution in [0, 0.1) is 5.92 Å². The molecule has 1 fully saturated rings. The summed E-state index contributed by atoms with van der Waals surface area (Å²) in [6, 6.07) is 11.6. The number of anilines is 1. The molecule has 152 valence electrons. The van der Waals surface area contributed by atoms with Crippen molar-refractivity contribution in [3.05, 3.63) is 52.8 Å². The van der Waals surface area contributed by atoms with Crippen molar-refractivity contribution in [3.63, 3.8) is 0 Å². The number of hydrazine groups is 1. The zero-order valence-electron chi connectivity index (χ0n) is 16.1. The number of nitrogens with zero attached hydrogens (tertiary/aromatic N) is 3. The summed E-state index contributed by atoms with van der Waals surface area (Å²) < 4.78 is 0. The van der Waals surface area contributed by atoms with Gasteiger partial charge in [0.05, 0.1) is 20.9 Å². The van der Waals surface area contributed by atoms with Gasteiger partial charge >= 0.3 is 0 Å². The normalized spacial score (nSPS) is 16.3. The molecule has 1 aliphatic rings. The fourth-order valence-electron chi connectivity index (χ4n) is 3.55. The topological polar surface area (TPSA) is 84.1 Å². The van der Waals surface area contributed by atoms with Gasteiger partial charge in [-0.05, 0) is 49.2 Å². The van der Waals surface area contributed by atoms with Crippen molar-refractivity contribution in [3.8, 4) is 11.1 Å². The molecule has 4 rings (SSSR count). The number of carbonyl (C=O) groups excluding carboxylic acids is 1. The quantitative estimate of drug-likeness (QED) is 0.368. The fourth-order valence-corrected chi connectivity index (χ4v) is 3.85. The van der Waals surface area contributed by atoms with Crippen molar-refractivity contribution in [1.82, 2.24) is 15.4 Å². The van der Waals surface area contributed by atoms with Gasteiger partial charge < -0.3 is 9.69 Å². The second kappa shape index (κ2) is 9.98. The first kappa shape index (κ1) is 21.5. The van der Waals surface area contributed by atoms with E-state index in [1.165, 1.54) is 0 Å². The number of halogens is 2. The Balaban J connectivity index is 0.000000755. The average molecular weight is 432 g/mol. The molecule has 1 aromatic heterocycles. The summed E-state index contributed by atoms with van der Waals surface area (Å²) >= 11 is 12.3. The summed E-state index contributed by atoms with van der Waals surface area (Å²) in [4.78, 5) is 22.5. The molecule has 0 saturated carbocycles. The van der Waals surface area contributed by atoms with Gasteiger partial charge in [-0.3, -0.25) is 11.3 Å². The third kappa shape index (κ3) is 4.85. The zero-order valence-corrected chi connectivity index (χ0v) is 17.6. The van der Waals surface area contributed by atoms with Crippen LogP contribution < -0.4 is 16.2 Å². The number of benzene rings is 2. The molecule has 0 spiro atoms. The number of hydrogen-bond acceptors (Lipinski definition) is 6. The van der Waals surface area contributed by atoms with Crippen molar-refractivity contribution in [2.45, 2.75) is 12.8 Å². The van der Waals surface area contributed by atoms with E-state index >= 15 is 0 Å². The highest BCUT2D eigenvalue weighted by Crippen LogP contribution is 2.37. The Bertz CT molecular complexity index is 993. The number of carbonyl (C=O) groups is 1. The van der Waals surface area contributed by atoms with Crippen LogP contribution in [0.25, 0.3) is 22.0 Å². The lowest BCUT2D eigenvalue weighted by Crippen LogP contribution is -2.36. The van der Waals surface area contributed by atoms with Crippen LogP contribution >= 0.6 is 23.2 Å². The summed E-state index contributed by atoms with van der Waals surface area (Å²) in [5.74, 6) is 5.51. The van der Waals surface area contributed by atoms with Gasteiger partial charge in [-0.15, -0.1) is 0 Å². The van der Waals surface area contributed by atoms with Crippen LogP contribution in [0.3, 0.4) is 0 Å². The SMILES string of the molecule is CNN.O=CC1CCCN(c2ncnc3cccc(-c4ccc(Cl)c(Cl)c4)c23)C1. The predicted octanol–water partition coefficient (Wildman–Crippen LogP) is 4.10. The number of aromatic nitrogens is 2. The van der Waals surface area contributed by atoms with Crippen molar-refractivity contribution in [2.24, 2.45) is 11.8 Å². The van der Waals surface area contributed by atoms with E-state index < -0.39 is 0 Å². The van der Waals surface area contributed by atoms with Crippen LogP contribution in [0.5, 0.6) is 0 Å². The number of nitrogens with two attached hydrogens (primary N) is 1. The largest absolute Gasteiger partial charge is 0.355 e. The molecule has 2 aromatic carbocycles. The van der Waals surface area contributed by atoms with E-state index in [0.717, 1.165) is 53.5 Å². The first-order valence-corrected chi connectivity index (χ1v) is 10.1. The molecule has 8 heteroatoms. The van der Waals surface area contributed by atoms with Crippen molar-refractivity contribution < 1.29 is 4.79 Å². The smallest absolute Gasteiger partial charge is 0.140 e. The molecule has 1 unspecified atom stereocenters. The van der Waals surface area contributed by atoms with Crippen molar-refractivity contribution in [2.75, 3.05) is 25.0 Å². The van der Waals surface area contributed by atoms with Gasteiger partial charge in [0.1, 0.15) is 18.4 Å². The van der Waals surface area contributed by atoms with Gasteiger partial charge in [-0.1, -0.05) is 41.4 Å². The Morgan fingerprint density at radius 3 is 2.72 bits per heavy atom. The summed E-state index contributed by atoms with van der Waals surface area (Å²) in [6.45, 7) is 1.57. The van der Waals surface area contributed by atoms with Crippen LogP contribution in [-0.2, 0) is 4.79 Å². The first-order chi connectivity index (χ1) is 14.1. The molecule has 2 heterocycles. The molecule has 1 aliphatic heterocycles. The minimum atomic E-state index is 0.0471. The van der Waals surface area contributed by atoms with Gasteiger partial charge in [-0.25, -0.2) is 9.97 Å². The number of piperidine rings is 1. The zero-order chi connectivity index (χ0) is 20.8. The second-order valence-electron chi connectivity index (χ2n) is 6.80. The number of aldehydes is 1. The monoisotopic (exact) mass is 431 g/mol. The first-order valence-electron chi connectivity index (χ1n) is 9.35. The molecule has 0 bridgehead atoms. The van der Waals surface area contributed by atoms with Gasteiger partial charge in [0.25, 0.3) is 0 Å². The summed E-state index contributed by atoms with van der Waals surface area (Å²) in [5.41, 5.74) is 5.08. The summed E-state index contributed by atoms with van der Waals surface area (Å²) in [7, 11) is 1.65. The Kier molecular flexibility index (Phi) is 7.39. The highest BCUT2D eigenvalue weighted by molar-refractivity contribution is 6.42. The van der Waals surface area contributed by atoms with E-state index in [9.17, 15) is 4.79 Å². The van der Waals surface area contributed by atoms with Crippen molar-refractivity contribution >= 4 is 46.2 Å². The van der Waals surface area contributed by atoms with Gasteiger partial charge in [0.2, 0.25) is 0 Å². The van der Waals surface area contributed by atoms with E-state index in [1.54, 1.807) is 19.4 Å². The molecule has 29 heavy (non-hydrogen) atoms. The Hall–Kier alpha value is -2.25. The highest BCUT2D eigenvalue weighted by atomic mass is 35.5. The van der Waals surface area contributed by atoms with Crippen LogP contribution in [-0.4, -0.2) is 36.4 Å². The minimum Gasteiger partial charge on any atom is -0.355 e. The molecular formula is C21H23Cl2N5O. The van der Waals surface area contributed by atoms with Crippen LogP contribution in [0.1, 0.15) is 12.8 Å². The molecule has 0 amide bonds. The predicted molar refractivity (Wildman–Crippen MR) is 119 cm³/mol. The Labute approximate surface area is 180 Å². The van der Waals surface area contributed by atoms with E-state index in [-0.39, 0.29) is 5.92 Å². The Morgan fingerprint density at radius 2 is 2.00 bits per heavy atom. The van der Waals surface area contributed by atoms with Crippen LogP contribution in [0.2, 0.25) is 10.0 Å². The number of fused-ring (bicyclic) bond motifs is 1. The minimum absolute atomic E-state index is 0.0471. The molecule has 3 N–H and O–H groups in total. The maximum absolute atomic E-state index is 11.3. The van der Waals surface area contributed by atoms with E-state index in [4.69, 9.17) is 23.2 Å². The number of rotatable bonds is 3. The third-order valence-corrected chi connectivity index (χ3v) is 5.56. The van der Waals surface area contributed by atoms with Gasteiger partial charge in [0, 0.05) is 19.0 Å². The second-order valence-corrected chi connectivity index (χ2v) is 7.61. The summed E-state index contributed by atoms with van der Waals surface area (Å²) in [5, 5.41) is 2.01. The van der Waals surface area contributed by atoms with E-state index in [1.807, 2.05) is 30.3 Å². The fraction of sp³-hybridized carbons (Fsp3) is 0.286. The molecule has 3 aromatic rings. The lowest BCUT2D eigenvalue weighted by atomic mass is 9.97. The van der Waals surface area contributed by atoms with E-state index in [2.05, 4.69) is 26.1 Å². The van der Waals surface area contributed by atoms with Gasteiger partial charge in [0.15, 0.2) is 0 Å². The molecule has 1 saturated heterocycles. The standard InChI is InChI=1S/C20H17Cl2N3O.CH6N2/c21-16-7-6-14(9-17(16)22)15-4-1-5-18-19(15)20(24-12-23-18)25-8-2-3-13(10-25)11-26;1-3-2/h1,4-7,9,11-13H,2-3,8,10H2;3H,2H2,1H3. The number of nitrogens with one attached hydrogen (secondary N) is 1. The molecular weight excluding hydrogens is 409 g/mol. The lowest BCUT2D eigenvalue weighted by molar-refractivity contribution is -0.111. The average Bonchev–Trinajstić information content (AvgIpc) is 2.75. The molecule has 0 radical (unpaired) electrons. The van der Waals surface area contributed by atoms with Crippen LogP contribution in [0.4, 0.5) is 5.82 Å². The van der Waals surface area contributed by atoms with Crippen molar-refractivity contribution in [1.29, 1.82) is 0 Å². The maximum atomic E-state index is 11.3. The maximum Gasteiger partial charge on any atom is 0.140 e. The van der Waals surface area contributed by atoms with Gasteiger partial charge in [-0.2, -0.15) is 0 Å². The lowest BCUT2D eigenvalue weighted by Gasteiger charge is -2.32. The van der Waals surface area contributed by atoms with Crippen LogP contribution in [0.15, 0.2) is 42.7 Å². The Morgan fingerprint density at radius 1 is 1.21 bits per heavy atom. The summed E-state index contributed by atoms with van der Waals surface area (Å²) in [6.07, 6.45) is 4.54. The number of hydrogen-bond donors (Lipinski definition) is 2. The molecule has 6 nitrogen and oxygen atoms in total. The molecule has 1 atom stereocenters. The third-order valence-electron chi connectivity index (χ3n) is 4.82. The van der Waals surface area contributed by atoms with E-state index in [0.29, 0.717) is 16.6 Å². The highest BCUT2D eigenvalue weighted by Gasteiger charge is 2.23. The molecule has 0 aliphatic carbocycles.